The number of rotatable bonds is 8. The lowest BCUT2D eigenvalue weighted by Gasteiger charge is -2.11. The molecular weight excluding hydrogens is 417 g/mol. The average Bonchev–Trinajstić information content (AvgIpc) is 3.14. The summed E-state index contributed by atoms with van der Waals surface area (Å²) in [5, 5.41) is 7.99. The maximum absolute atomic E-state index is 12.1. The zero-order valence-electron chi connectivity index (χ0n) is 15.2. The Labute approximate surface area is 177 Å². The van der Waals surface area contributed by atoms with Gasteiger partial charge in [0.25, 0.3) is 5.91 Å². The lowest BCUT2D eigenvalue weighted by Crippen LogP contribution is -2.24. The van der Waals surface area contributed by atoms with E-state index in [0.717, 1.165) is 5.56 Å². The van der Waals surface area contributed by atoms with Gasteiger partial charge in [-0.3, -0.25) is 4.79 Å². The molecule has 3 rings (SSSR count). The van der Waals surface area contributed by atoms with Crippen LogP contribution in [0.5, 0.6) is 5.75 Å². The smallest absolute Gasteiger partial charge is 0.344 e. The maximum Gasteiger partial charge on any atom is 0.344 e. The molecule has 1 aromatic heterocycles. The molecule has 29 heavy (non-hydrogen) atoms. The highest BCUT2D eigenvalue weighted by Gasteiger charge is 2.12. The number of hydrogen-bond donors (Lipinski definition) is 1. The molecule has 1 amide bonds. The molecule has 0 aliphatic carbocycles. The lowest BCUT2D eigenvalue weighted by molar-refractivity contribution is -0.149. The first-order valence-electron chi connectivity index (χ1n) is 8.60. The zero-order chi connectivity index (χ0) is 20.6. The minimum Gasteiger partial charge on any atom is -0.482 e. The second kappa shape index (κ2) is 9.95. The van der Waals surface area contributed by atoms with Gasteiger partial charge in [0, 0.05) is 16.1 Å². The quantitative estimate of drug-likeness (QED) is 0.546. The van der Waals surface area contributed by atoms with E-state index in [9.17, 15) is 9.59 Å². The van der Waals surface area contributed by atoms with Crippen LogP contribution in [0.4, 0.5) is 5.82 Å². The summed E-state index contributed by atoms with van der Waals surface area (Å²) in [6.45, 7) is -0.379. The Kier molecular flexibility index (Phi) is 7.10. The Hall–Kier alpha value is -3.03. The fourth-order valence-corrected chi connectivity index (χ4v) is 2.71. The van der Waals surface area contributed by atoms with Crippen molar-refractivity contribution in [3.8, 4) is 5.75 Å². The van der Waals surface area contributed by atoms with Crippen LogP contribution in [-0.4, -0.2) is 34.9 Å². The first-order valence-corrected chi connectivity index (χ1v) is 9.36. The SMILES string of the molecule is O=C(COC(=O)COc1ccc(Cl)cc1)Nc1ccnn1Cc1ccccc1Cl. The van der Waals surface area contributed by atoms with Crippen molar-refractivity contribution in [3.63, 3.8) is 0 Å². The van der Waals surface area contributed by atoms with Crippen LogP contribution in [-0.2, 0) is 20.9 Å². The molecule has 0 unspecified atom stereocenters. The first-order chi connectivity index (χ1) is 14.0. The third kappa shape index (κ3) is 6.23. The maximum atomic E-state index is 12.1. The summed E-state index contributed by atoms with van der Waals surface area (Å²) in [6, 6.07) is 15.5. The van der Waals surface area contributed by atoms with Crippen LogP contribution in [0.15, 0.2) is 60.8 Å². The number of hydrogen-bond acceptors (Lipinski definition) is 5. The van der Waals surface area contributed by atoms with E-state index in [1.165, 1.54) is 0 Å². The van der Waals surface area contributed by atoms with Crippen LogP contribution in [0.25, 0.3) is 0 Å². The molecule has 150 valence electrons. The molecule has 0 fully saturated rings. The minimum absolute atomic E-state index is 0.320. The highest BCUT2D eigenvalue weighted by molar-refractivity contribution is 6.31. The molecule has 0 aliphatic rings. The van der Waals surface area contributed by atoms with Crippen LogP contribution in [0, 0.1) is 0 Å². The third-order valence-electron chi connectivity index (χ3n) is 3.80. The van der Waals surface area contributed by atoms with Crippen molar-refractivity contribution < 1.29 is 19.1 Å². The summed E-state index contributed by atoms with van der Waals surface area (Å²) >= 11 is 11.9. The van der Waals surface area contributed by atoms with Gasteiger partial charge in [-0.2, -0.15) is 5.10 Å². The van der Waals surface area contributed by atoms with Gasteiger partial charge in [-0.15, -0.1) is 0 Å². The highest BCUT2D eigenvalue weighted by Crippen LogP contribution is 2.18. The van der Waals surface area contributed by atoms with Crippen molar-refractivity contribution in [2.75, 3.05) is 18.5 Å². The van der Waals surface area contributed by atoms with Crippen LogP contribution in [0.1, 0.15) is 5.56 Å². The molecule has 9 heteroatoms. The number of nitrogens with one attached hydrogen (secondary N) is 1. The zero-order valence-corrected chi connectivity index (χ0v) is 16.7. The van der Waals surface area contributed by atoms with Crippen molar-refractivity contribution in [3.05, 3.63) is 76.4 Å². The van der Waals surface area contributed by atoms with Crippen molar-refractivity contribution in [2.45, 2.75) is 6.54 Å². The van der Waals surface area contributed by atoms with Gasteiger partial charge in [0.05, 0.1) is 12.7 Å². The highest BCUT2D eigenvalue weighted by atomic mass is 35.5. The van der Waals surface area contributed by atoms with Crippen LogP contribution in [0.3, 0.4) is 0 Å². The number of ether oxygens (including phenoxy) is 2. The summed E-state index contributed by atoms with van der Waals surface area (Å²) in [4.78, 5) is 23.8. The number of benzene rings is 2. The molecule has 0 saturated carbocycles. The molecule has 3 aromatic rings. The summed E-state index contributed by atoms with van der Waals surface area (Å²) in [6.07, 6.45) is 1.55. The molecule has 1 heterocycles. The van der Waals surface area contributed by atoms with Gasteiger partial charge in [-0.05, 0) is 35.9 Å². The molecular formula is C20H17Cl2N3O4. The number of nitrogens with zero attached hydrogens (tertiary/aromatic N) is 2. The Balaban J connectivity index is 1.46. The van der Waals surface area contributed by atoms with Gasteiger partial charge in [0.15, 0.2) is 13.2 Å². The Morgan fingerprint density at radius 2 is 1.76 bits per heavy atom. The summed E-state index contributed by atoms with van der Waals surface area (Å²) in [5.41, 5.74) is 0.860. The van der Waals surface area contributed by atoms with E-state index in [1.54, 1.807) is 47.3 Å². The standard InChI is InChI=1S/C20H17Cl2N3O4/c21-15-5-7-16(8-6-15)28-13-20(27)29-12-19(26)24-18-9-10-23-25(18)11-14-3-1-2-4-17(14)22/h1-10H,11-13H2,(H,24,26). The van der Waals surface area contributed by atoms with Crippen molar-refractivity contribution >= 4 is 40.9 Å². The predicted molar refractivity (Wildman–Crippen MR) is 109 cm³/mol. The van der Waals surface area contributed by atoms with E-state index in [-0.39, 0.29) is 6.61 Å². The fourth-order valence-electron chi connectivity index (χ4n) is 2.39. The van der Waals surface area contributed by atoms with Gasteiger partial charge in [0.2, 0.25) is 0 Å². The molecule has 0 spiro atoms. The summed E-state index contributed by atoms with van der Waals surface area (Å²) in [5.74, 6) is -0.229. The number of halogens is 2. The van der Waals surface area contributed by atoms with Crippen molar-refractivity contribution in [1.82, 2.24) is 9.78 Å². The van der Waals surface area contributed by atoms with Gasteiger partial charge in [-0.1, -0.05) is 41.4 Å². The second-order valence-corrected chi connectivity index (χ2v) is 6.76. The first kappa shape index (κ1) is 20.7. The Morgan fingerprint density at radius 3 is 2.52 bits per heavy atom. The number of carbonyl (C=O) groups is 2. The normalized spacial score (nSPS) is 10.4. The number of carbonyl (C=O) groups excluding carboxylic acids is 2. The second-order valence-electron chi connectivity index (χ2n) is 5.92. The van der Waals surface area contributed by atoms with Crippen molar-refractivity contribution in [1.29, 1.82) is 0 Å². The van der Waals surface area contributed by atoms with Crippen LogP contribution >= 0.6 is 23.2 Å². The van der Waals surface area contributed by atoms with Crippen molar-refractivity contribution in [2.24, 2.45) is 0 Å². The van der Waals surface area contributed by atoms with Gasteiger partial charge >= 0.3 is 5.97 Å². The molecule has 1 N–H and O–H groups in total. The van der Waals surface area contributed by atoms with Crippen LogP contribution in [0.2, 0.25) is 10.0 Å². The molecule has 0 atom stereocenters. The predicted octanol–water partition coefficient (Wildman–Crippen LogP) is 3.80. The van der Waals surface area contributed by atoms with Gasteiger partial charge in [0.1, 0.15) is 11.6 Å². The monoisotopic (exact) mass is 433 g/mol. The number of esters is 1. The molecule has 2 aromatic carbocycles. The van der Waals surface area contributed by atoms with Gasteiger partial charge < -0.3 is 14.8 Å². The number of amides is 1. The lowest BCUT2D eigenvalue weighted by atomic mass is 10.2. The Bertz CT molecular complexity index is 989. The van der Waals surface area contributed by atoms with Gasteiger partial charge in [-0.25, -0.2) is 9.48 Å². The average molecular weight is 434 g/mol. The van der Waals surface area contributed by atoms with Crippen LogP contribution < -0.4 is 10.1 Å². The molecule has 7 nitrogen and oxygen atoms in total. The summed E-state index contributed by atoms with van der Waals surface area (Å²) in [7, 11) is 0. The van der Waals surface area contributed by atoms with E-state index in [4.69, 9.17) is 32.7 Å². The molecule has 0 aliphatic heterocycles. The van der Waals surface area contributed by atoms with E-state index < -0.39 is 18.5 Å². The number of aromatic nitrogens is 2. The largest absolute Gasteiger partial charge is 0.482 e. The van der Waals surface area contributed by atoms with E-state index in [0.29, 0.717) is 28.2 Å². The fraction of sp³-hybridized carbons (Fsp3) is 0.150. The molecule has 0 bridgehead atoms. The molecule has 0 saturated heterocycles. The topological polar surface area (TPSA) is 82.5 Å². The van der Waals surface area contributed by atoms with E-state index in [1.807, 2.05) is 18.2 Å². The van der Waals surface area contributed by atoms with E-state index in [2.05, 4.69) is 10.4 Å². The Morgan fingerprint density at radius 1 is 1.00 bits per heavy atom. The van der Waals surface area contributed by atoms with E-state index >= 15 is 0 Å². The summed E-state index contributed by atoms with van der Waals surface area (Å²) < 4.78 is 11.8. The molecule has 0 radical (unpaired) electrons. The minimum atomic E-state index is -0.667. The number of anilines is 1. The third-order valence-corrected chi connectivity index (χ3v) is 4.42.